The van der Waals surface area contributed by atoms with E-state index in [2.05, 4.69) is 28.6 Å². The van der Waals surface area contributed by atoms with E-state index in [4.69, 9.17) is 4.74 Å². The van der Waals surface area contributed by atoms with Gasteiger partial charge >= 0.3 is 0 Å². The molecule has 1 aromatic carbocycles. The lowest BCUT2D eigenvalue weighted by atomic mass is 10.2. The van der Waals surface area contributed by atoms with Gasteiger partial charge in [-0.1, -0.05) is 18.2 Å². The topological polar surface area (TPSA) is 45.7 Å². The number of rotatable bonds is 4. The molecule has 1 aliphatic rings. The first kappa shape index (κ1) is 12.7. The predicted molar refractivity (Wildman–Crippen MR) is 73.9 cm³/mol. The van der Waals surface area contributed by atoms with Crippen LogP contribution in [0.25, 0.3) is 0 Å². The van der Waals surface area contributed by atoms with Gasteiger partial charge in [0, 0.05) is 18.2 Å². The van der Waals surface area contributed by atoms with Crippen molar-refractivity contribution in [1.82, 2.24) is 10.6 Å². The highest BCUT2D eigenvalue weighted by Crippen LogP contribution is 2.19. The minimum Gasteiger partial charge on any atom is -0.491 e. The molecule has 0 amide bonds. The zero-order chi connectivity index (χ0) is 13.0. The molecule has 0 saturated carbocycles. The Balaban J connectivity index is 1.96. The van der Waals surface area contributed by atoms with E-state index in [0.717, 1.165) is 30.4 Å². The minimum absolute atomic E-state index is 0.188. The number of aliphatic imine (C=N–C) groups is 1. The average molecular weight is 247 g/mol. The summed E-state index contributed by atoms with van der Waals surface area (Å²) in [5, 5.41) is 6.58. The number of para-hydroxylation sites is 1. The molecule has 2 N–H and O–H groups in total. The van der Waals surface area contributed by atoms with Gasteiger partial charge < -0.3 is 15.4 Å². The van der Waals surface area contributed by atoms with Crippen LogP contribution in [0.5, 0.6) is 5.75 Å². The largest absolute Gasteiger partial charge is 0.491 e. The molecule has 0 fully saturated rings. The van der Waals surface area contributed by atoms with Crippen LogP contribution in [0.1, 0.15) is 26.3 Å². The highest BCUT2D eigenvalue weighted by Gasteiger charge is 2.12. The fraction of sp³-hybridized carbons (Fsp3) is 0.500. The monoisotopic (exact) mass is 247 g/mol. The molecule has 0 aromatic heterocycles. The summed E-state index contributed by atoms with van der Waals surface area (Å²) in [6.07, 6.45) is 0.188. The van der Waals surface area contributed by atoms with E-state index >= 15 is 0 Å². The fourth-order valence-corrected chi connectivity index (χ4v) is 1.86. The van der Waals surface area contributed by atoms with E-state index in [1.165, 1.54) is 0 Å². The molecule has 98 valence electrons. The number of hydrogen-bond acceptors (Lipinski definition) is 4. The van der Waals surface area contributed by atoms with Crippen molar-refractivity contribution < 1.29 is 4.74 Å². The van der Waals surface area contributed by atoms with E-state index in [0.29, 0.717) is 6.04 Å². The maximum atomic E-state index is 5.78. The van der Waals surface area contributed by atoms with Crippen molar-refractivity contribution in [2.24, 2.45) is 4.99 Å². The van der Waals surface area contributed by atoms with Crippen LogP contribution in [0, 0.1) is 0 Å². The van der Waals surface area contributed by atoms with Crippen LogP contribution in [0.2, 0.25) is 0 Å². The molecule has 0 spiro atoms. The zero-order valence-corrected chi connectivity index (χ0v) is 11.2. The lowest BCUT2D eigenvalue weighted by Gasteiger charge is -2.15. The molecule has 1 aromatic rings. The third-order valence-corrected chi connectivity index (χ3v) is 2.69. The van der Waals surface area contributed by atoms with Gasteiger partial charge in [-0.25, -0.2) is 0 Å². The first-order valence-electron chi connectivity index (χ1n) is 6.44. The molecule has 1 aliphatic heterocycles. The van der Waals surface area contributed by atoms with Crippen molar-refractivity contribution in [2.45, 2.75) is 39.5 Å². The van der Waals surface area contributed by atoms with E-state index in [-0.39, 0.29) is 6.10 Å². The van der Waals surface area contributed by atoms with Crippen molar-refractivity contribution in [1.29, 1.82) is 0 Å². The third-order valence-electron chi connectivity index (χ3n) is 2.69. The van der Waals surface area contributed by atoms with Crippen molar-refractivity contribution >= 4 is 5.96 Å². The quantitative estimate of drug-likeness (QED) is 0.854. The molecule has 1 unspecified atom stereocenters. The number of benzene rings is 1. The lowest BCUT2D eigenvalue weighted by molar-refractivity contribution is 0.240. The molecular formula is C14H21N3O. The molecule has 2 rings (SSSR count). The summed E-state index contributed by atoms with van der Waals surface area (Å²) in [6.45, 7) is 7.75. The number of hydrogen-bond donors (Lipinski definition) is 2. The van der Waals surface area contributed by atoms with E-state index in [1.807, 2.05) is 32.0 Å². The molecule has 18 heavy (non-hydrogen) atoms. The Bertz CT molecular complexity index is 429. The van der Waals surface area contributed by atoms with Crippen LogP contribution >= 0.6 is 0 Å². The molecule has 4 heteroatoms. The number of guanidine groups is 1. The van der Waals surface area contributed by atoms with Gasteiger partial charge in [-0.05, 0) is 26.8 Å². The second-order valence-electron chi connectivity index (χ2n) is 4.86. The third kappa shape index (κ3) is 3.39. The second kappa shape index (κ2) is 5.76. The van der Waals surface area contributed by atoms with Crippen molar-refractivity contribution in [3.8, 4) is 5.75 Å². The van der Waals surface area contributed by atoms with Gasteiger partial charge in [-0.2, -0.15) is 0 Å². The first-order valence-corrected chi connectivity index (χ1v) is 6.44. The van der Waals surface area contributed by atoms with Gasteiger partial charge in [0.15, 0.2) is 5.96 Å². The summed E-state index contributed by atoms with van der Waals surface area (Å²) >= 11 is 0. The Morgan fingerprint density at radius 2 is 2.22 bits per heavy atom. The molecule has 0 aliphatic carbocycles. The first-order chi connectivity index (χ1) is 8.65. The highest BCUT2D eigenvalue weighted by atomic mass is 16.5. The van der Waals surface area contributed by atoms with Gasteiger partial charge in [-0.15, -0.1) is 0 Å². The summed E-state index contributed by atoms with van der Waals surface area (Å²) < 4.78 is 5.78. The van der Waals surface area contributed by atoms with Crippen LogP contribution in [0.15, 0.2) is 29.3 Å². The average Bonchev–Trinajstić information content (AvgIpc) is 2.73. The molecule has 1 atom stereocenters. The fourth-order valence-electron chi connectivity index (χ4n) is 1.86. The highest BCUT2D eigenvalue weighted by molar-refractivity contribution is 5.81. The molecule has 4 nitrogen and oxygen atoms in total. The van der Waals surface area contributed by atoms with Gasteiger partial charge in [-0.3, -0.25) is 4.99 Å². The van der Waals surface area contributed by atoms with Crippen molar-refractivity contribution in [2.75, 3.05) is 6.54 Å². The van der Waals surface area contributed by atoms with E-state index < -0.39 is 0 Å². The second-order valence-corrected chi connectivity index (χ2v) is 4.86. The minimum atomic E-state index is 0.188. The molecule has 0 saturated heterocycles. The summed E-state index contributed by atoms with van der Waals surface area (Å²) in [7, 11) is 0. The van der Waals surface area contributed by atoms with Crippen LogP contribution in [-0.4, -0.2) is 24.7 Å². The maximum absolute atomic E-state index is 5.78. The number of nitrogens with zero attached hydrogens (tertiary/aromatic N) is 1. The van der Waals surface area contributed by atoms with Crippen molar-refractivity contribution in [3.63, 3.8) is 0 Å². The van der Waals surface area contributed by atoms with Gasteiger partial charge in [0.1, 0.15) is 5.75 Å². The Labute approximate surface area is 108 Å². The Hall–Kier alpha value is -1.71. The number of nitrogens with one attached hydrogen (secondary N) is 2. The predicted octanol–water partition coefficient (Wildman–Crippen LogP) is 1.91. The molecular weight excluding hydrogens is 226 g/mol. The van der Waals surface area contributed by atoms with Crippen LogP contribution < -0.4 is 15.4 Å². The Morgan fingerprint density at radius 1 is 1.44 bits per heavy atom. The van der Waals surface area contributed by atoms with Crippen LogP contribution in [-0.2, 0) is 6.54 Å². The van der Waals surface area contributed by atoms with Gasteiger partial charge in [0.05, 0.1) is 12.6 Å². The molecule has 1 heterocycles. The number of ether oxygens (including phenoxy) is 1. The standard InChI is InChI=1S/C14H21N3O/c1-10(2)18-13-7-5-4-6-12(13)9-16-14-15-8-11(3)17-14/h4-7,10-11H,8-9H2,1-3H3,(H2,15,16,17). The maximum Gasteiger partial charge on any atom is 0.191 e. The van der Waals surface area contributed by atoms with Crippen LogP contribution in [0.3, 0.4) is 0 Å². The van der Waals surface area contributed by atoms with Crippen molar-refractivity contribution in [3.05, 3.63) is 29.8 Å². The molecule has 0 bridgehead atoms. The smallest absolute Gasteiger partial charge is 0.191 e. The summed E-state index contributed by atoms with van der Waals surface area (Å²) in [5.74, 6) is 1.81. The van der Waals surface area contributed by atoms with E-state index in [1.54, 1.807) is 0 Å². The van der Waals surface area contributed by atoms with Gasteiger partial charge in [0.25, 0.3) is 0 Å². The summed E-state index contributed by atoms with van der Waals surface area (Å²) in [5.41, 5.74) is 1.15. The normalized spacial score (nSPS) is 18.4. The summed E-state index contributed by atoms with van der Waals surface area (Å²) in [4.78, 5) is 4.38. The zero-order valence-electron chi connectivity index (χ0n) is 11.2. The Morgan fingerprint density at radius 3 is 2.89 bits per heavy atom. The van der Waals surface area contributed by atoms with Crippen LogP contribution in [0.4, 0.5) is 0 Å². The van der Waals surface area contributed by atoms with Gasteiger partial charge in [0.2, 0.25) is 0 Å². The Kier molecular flexibility index (Phi) is 4.07. The summed E-state index contributed by atoms with van der Waals surface area (Å²) in [6, 6.07) is 8.52. The SMILES string of the molecule is CC1CN=C(NCc2ccccc2OC(C)C)N1. The molecule has 0 radical (unpaired) electrons. The van der Waals surface area contributed by atoms with E-state index in [9.17, 15) is 0 Å². The lowest BCUT2D eigenvalue weighted by Crippen LogP contribution is -2.37.